The summed E-state index contributed by atoms with van der Waals surface area (Å²) in [5.74, 6) is 0.342. The Hall–Kier alpha value is 0.0600. The molecule has 2 heterocycles. The molecule has 88 valence electrons. The van der Waals surface area contributed by atoms with Crippen LogP contribution >= 0.6 is 0 Å². The van der Waals surface area contributed by atoms with Crippen LogP contribution in [0.25, 0.3) is 0 Å². The molecule has 0 amide bonds. The number of hydrogen-bond acceptors (Lipinski definition) is 4. The van der Waals surface area contributed by atoms with E-state index in [0.29, 0.717) is 6.42 Å². The highest BCUT2D eigenvalue weighted by Gasteiger charge is 2.39. The molecule has 4 unspecified atom stereocenters. The quantitative estimate of drug-likeness (QED) is 0.640. The van der Waals surface area contributed by atoms with Gasteiger partial charge in [-0.05, 0) is 19.4 Å². The van der Waals surface area contributed by atoms with Crippen LogP contribution in [-0.4, -0.2) is 47.2 Å². The molecular formula is C9H17NO3S2. The van der Waals surface area contributed by atoms with Crippen molar-refractivity contribution >= 4 is 20.6 Å². The zero-order valence-electron chi connectivity index (χ0n) is 8.81. The maximum Gasteiger partial charge on any atom is 0.151 e. The van der Waals surface area contributed by atoms with Crippen molar-refractivity contribution in [2.45, 2.75) is 36.3 Å². The van der Waals surface area contributed by atoms with E-state index >= 15 is 0 Å². The molecule has 0 aromatic carbocycles. The van der Waals surface area contributed by atoms with Crippen LogP contribution in [-0.2, 0) is 20.6 Å². The van der Waals surface area contributed by atoms with Crippen molar-refractivity contribution in [2.75, 3.05) is 18.1 Å². The predicted octanol–water partition coefficient (Wildman–Crippen LogP) is -0.327. The summed E-state index contributed by atoms with van der Waals surface area (Å²) in [6.07, 6.45) is 1.49. The summed E-state index contributed by atoms with van der Waals surface area (Å²) in [6.45, 7) is 2.80. The second-order valence-corrected chi connectivity index (χ2v) is 8.73. The monoisotopic (exact) mass is 251 g/mol. The molecule has 0 radical (unpaired) electrons. The molecule has 0 aromatic rings. The SMILES string of the molecule is CC1CCNC2CCS(=O)(=O)CC2S1=O. The average Bonchev–Trinajstić information content (AvgIpc) is 2.29. The highest BCUT2D eigenvalue weighted by molar-refractivity contribution is 7.93. The Morgan fingerprint density at radius 3 is 2.80 bits per heavy atom. The summed E-state index contributed by atoms with van der Waals surface area (Å²) in [7, 11) is -3.97. The molecule has 0 bridgehead atoms. The Bertz CT molecular complexity index is 366. The van der Waals surface area contributed by atoms with E-state index in [-0.39, 0.29) is 28.0 Å². The first-order valence-electron chi connectivity index (χ1n) is 5.33. The predicted molar refractivity (Wildman–Crippen MR) is 61.1 cm³/mol. The maximum atomic E-state index is 12.1. The highest BCUT2D eigenvalue weighted by Crippen LogP contribution is 2.23. The Labute approximate surface area is 93.2 Å². The standard InChI is InChI=1S/C9H17NO3S2/c1-7-2-4-10-8-3-5-15(12,13)6-9(8)14(7)11/h7-10H,2-6H2,1H3. The summed E-state index contributed by atoms with van der Waals surface area (Å²) < 4.78 is 35.1. The molecule has 2 rings (SSSR count). The summed E-state index contributed by atoms with van der Waals surface area (Å²) in [5.41, 5.74) is 0. The number of fused-ring (bicyclic) bond motifs is 1. The van der Waals surface area contributed by atoms with Gasteiger partial charge in [0.25, 0.3) is 0 Å². The topological polar surface area (TPSA) is 63.2 Å². The van der Waals surface area contributed by atoms with Gasteiger partial charge in [0.1, 0.15) is 0 Å². The van der Waals surface area contributed by atoms with Crippen LogP contribution in [0.15, 0.2) is 0 Å². The summed E-state index contributed by atoms with van der Waals surface area (Å²) in [4.78, 5) is 0. The Balaban J connectivity index is 2.23. The van der Waals surface area contributed by atoms with Crippen LogP contribution in [0.2, 0.25) is 0 Å². The average molecular weight is 251 g/mol. The molecule has 2 aliphatic rings. The van der Waals surface area contributed by atoms with Gasteiger partial charge in [0, 0.05) is 22.1 Å². The van der Waals surface area contributed by atoms with Crippen LogP contribution in [0.5, 0.6) is 0 Å². The molecule has 0 aromatic heterocycles. The third-order valence-electron chi connectivity index (χ3n) is 3.26. The second-order valence-electron chi connectivity index (χ2n) is 4.43. The first-order chi connectivity index (χ1) is 6.99. The molecule has 15 heavy (non-hydrogen) atoms. The van der Waals surface area contributed by atoms with Crippen molar-refractivity contribution in [1.29, 1.82) is 0 Å². The van der Waals surface area contributed by atoms with Crippen molar-refractivity contribution in [1.82, 2.24) is 5.32 Å². The molecule has 0 saturated carbocycles. The summed E-state index contributed by atoms with van der Waals surface area (Å²) in [6, 6.07) is 0.138. The molecule has 2 saturated heterocycles. The summed E-state index contributed by atoms with van der Waals surface area (Å²) >= 11 is 0. The van der Waals surface area contributed by atoms with E-state index in [1.807, 2.05) is 6.92 Å². The second kappa shape index (κ2) is 4.14. The Morgan fingerprint density at radius 1 is 1.33 bits per heavy atom. The van der Waals surface area contributed by atoms with E-state index in [2.05, 4.69) is 5.32 Å². The van der Waals surface area contributed by atoms with Crippen molar-refractivity contribution in [3.05, 3.63) is 0 Å². The van der Waals surface area contributed by atoms with Crippen LogP contribution < -0.4 is 5.32 Å². The lowest BCUT2D eigenvalue weighted by molar-refractivity contribution is 0.475. The zero-order valence-corrected chi connectivity index (χ0v) is 10.4. The molecular weight excluding hydrogens is 234 g/mol. The maximum absolute atomic E-state index is 12.1. The van der Waals surface area contributed by atoms with Gasteiger partial charge in [-0.25, -0.2) is 8.42 Å². The van der Waals surface area contributed by atoms with Gasteiger partial charge in [0.05, 0.1) is 16.8 Å². The molecule has 0 aliphatic carbocycles. The van der Waals surface area contributed by atoms with Crippen LogP contribution in [0.1, 0.15) is 19.8 Å². The normalized spacial score (nSPS) is 45.4. The highest BCUT2D eigenvalue weighted by atomic mass is 32.2. The molecule has 2 aliphatic heterocycles. The molecule has 0 spiro atoms. The van der Waals surface area contributed by atoms with E-state index in [9.17, 15) is 12.6 Å². The van der Waals surface area contributed by atoms with Gasteiger partial charge in [-0.15, -0.1) is 0 Å². The third-order valence-corrected chi connectivity index (χ3v) is 7.32. The first-order valence-corrected chi connectivity index (χ1v) is 8.42. The van der Waals surface area contributed by atoms with Gasteiger partial charge in [-0.3, -0.25) is 4.21 Å². The molecule has 4 atom stereocenters. The van der Waals surface area contributed by atoms with Gasteiger partial charge in [-0.2, -0.15) is 0 Å². The fourth-order valence-corrected chi connectivity index (χ4v) is 6.47. The van der Waals surface area contributed by atoms with E-state index in [4.69, 9.17) is 0 Å². The number of rotatable bonds is 0. The lowest BCUT2D eigenvalue weighted by atomic mass is 10.1. The van der Waals surface area contributed by atoms with Gasteiger partial charge in [-0.1, -0.05) is 6.92 Å². The number of nitrogens with one attached hydrogen (secondary N) is 1. The van der Waals surface area contributed by atoms with Gasteiger partial charge in [0.2, 0.25) is 0 Å². The number of hydrogen-bond donors (Lipinski definition) is 1. The first kappa shape index (κ1) is 11.5. The zero-order chi connectivity index (χ0) is 11.1. The minimum Gasteiger partial charge on any atom is -0.313 e. The van der Waals surface area contributed by atoms with E-state index in [0.717, 1.165) is 13.0 Å². The van der Waals surface area contributed by atoms with Crippen LogP contribution in [0.3, 0.4) is 0 Å². The molecule has 1 N–H and O–H groups in total. The van der Waals surface area contributed by atoms with Crippen molar-refractivity contribution in [2.24, 2.45) is 0 Å². The minimum atomic E-state index is -2.96. The fraction of sp³-hybridized carbons (Fsp3) is 1.00. The smallest absolute Gasteiger partial charge is 0.151 e. The molecule has 2 fully saturated rings. The van der Waals surface area contributed by atoms with Gasteiger partial charge in [0.15, 0.2) is 9.84 Å². The Morgan fingerprint density at radius 2 is 2.07 bits per heavy atom. The summed E-state index contributed by atoms with van der Waals surface area (Å²) in [5, 5.41) is 3.24. The lowest BCUT2D eigenvalue weighted by Gasteiger charge is -2.29. The lowest BCUT2D eigenvalue weighted by Crippen LogP contribution is -2.49. The van der Waals surface area contributed by atoms with Crippen molar-refractivity contribution < 1.29 is 12.6 Å². The third kappa shape index (κ3) is 2.42. The Kier molecular flexibility index (Phi) is 3.19. The van der Waals surface area contributed by atoms with Crippen molar-refractivity contribution in [3.63, 3.8) is 0 Å². The van der Waals surface area contributed by atoms with E-state index in [1.165, 1.54) is 0 Å². The molecule has 6 heteroatoms. The minimum absolute atomic E-state index is 0.0988. The van der Waals surface area contributed by atoms with E-state index < -0.39 is 20.6 Å². The van der Waals surface area contributed by atoms with Crippen LogP contribution in [0, 0.1) is 0 Å². The largest absolute Gasteiger partial charge is 0.313 e. The number of sulfone groups is 1. The van der Waals surface area contributed by atoms with Gasteiger partial charge < -0.3 is 5.32 Å². The van der Waals surface area contributed by atoms with Gasteiger partial charge >= 0.3 is 0 Å². The van der Waals surface area contributed by atoms with E-state index in [1.54, 1.807) is 0 Å². The fourth-order valence-electron chi connectivity index (χ4n) is 2.29. The van der Waals surface area contributed by atoms with Crippen LogP contribution in [0.4, 0.5) is 0 Å². The van der Waals surface area contributed by atoms with Crippen molar-refractivity contribution in [3.8, 4) is 0 Å². The molecule has 4 nitrogen and oxygen atoms in total.